The molecule has 0 saturated carbocycles. The molecule has 0 aliphatic carbocycles. The van der Waals surface area contributed by atoms with E-state index in [1.807, 2.05) is 24.3 Å². The Bertz CT molecular complexity index is 3320. The largest absolute Gasteiger partial charge is 0.456 e. The lowest BCUT2D eigenvalue weighted by Gasteiger charge is -2.32. The molecular weight excluding hydrogens is 701 g/mol. The topological polar surface area (TPSA) is 67.6 Å². The maximum atomic E-state index is 6.78. The first-order chi connectivity index (χ1) is 28.2. The molecular formula is C51H34N4O2. The Kier molecular flexibility index (Phi) is 7.03. The molecule has 4 heterocycles. The number of para-hydroxylation sites is 3. The van der Waals surface area contributed by atoms with Gasteiger partial charge in [0.15, 0.2) is 0 Å². The zero-order valence-corrected chi connectivity index (χ0v) is 30.7. The number of aromatic nitrogens is 1. The molecule has 1 aliphatic heterocycles. The average molecular weight is 735 g/mol. The van der Waals surface area contributed by atoms with Crippen LogP contribution >= 0.6 is 0 Å². The van der Waals surface area contributed by atoms with Crippen molar-refractivity contribution in [3.05, 3.63) is 199 Å². The first-order valence-electron chi connectivity index (χ1n) is 19.4. The predicted molar refractivity (Wildman–Crippen MR) is 232 cm³/mol. The van der Waals surface area contributed by atoms with Gasteiger partial charge in [-0.2, -0.15) is 0 Å². The number of hydrogen-bond acceptors (Lipinski definition) is 5. The van der Waals surface area contributed by atoms with Crippen LogP contribution in [0.1, 0.15) is 29.0 Å². The fourth-order valence-electron chi connectivity index (χ4n) is 8.85. The van der Waals surface area contributed by atoms with E-state index in [-0.39, 0.29) is 12.3 Å². The van der Waals surface area contributed by atoms with Crippen LogP contribution in [0.5, 0.6) is 0 Å². The number of nitrogens with zero attached hydrogens (tertiary/aromatic N) is 2. The molecule has 8 aromatic carbocycles. The van der Waals surface area contributed by atoms with Gasteiger partial charge in [-0.05, 0) is 59.2 Å². The van der Waals surface area contributed by atoms with E-state index < -0.39 is 0 Å². The second kappa shape index (κ2) is 12.6. The van der Waals surface area contributed by atoms with E-state index in [2.05, 4.69) is 173 Å². The zero-order chi connectivity index (χ0) is 37.5. The minimum atomic E-state index is -0.280. The summed E-state index contributed by atoms with van der Waals surface area (Å²) in [5, 5.41) is 14.1. The fraction of sp³-hybridized carbons (Fsp3) is 0.0392. The highest BCUT2D eigenvalue weighted by Crippen LogP contribution is 2.42. The van der Waals surface area contributed by atoms with Crippen LogP contribution in [-0.4, -0.2) is 10.4 Å². The zero-order valence-electron chi connectivity index (χ0n) is 30.7. The second-order valence-electron chi connectivity index (χ2n) is 14.8. The molecule has 11 aromatic rings. The summed E-state index contributed by atoms with van der Waals surface area (Å²) in [6.07, 6.45) is -0.394. The van der Waals surface area contributed by atoms with Gasteiger partial charge in [-0.25, -0.2) is 4.99 Å². The van der Waals surface area contributed by atoms with E-state index in [1.54, 1.807) is 0 Å². The van der Waals surface area contributed by atoms with Crippen molar-refractivity contribution in [2.45, 2.75) is 12.3 Å². The van der Waals surface area contributed by atoms with Crippen LogP contribution in [0, 0.1) is 0 Å². The molecule has 0 radical (unpaired) electrons. The van der Waals surface area contributed by atoms with Crippen molar-refractivity contribution in [1.29, 1.82) is 0 Å². The van der Waals surface area contributed by atoms with Gasteiger partial charge in [0.1, 0.15) is 40.5 Å². The maximum Gasteiger partial charge on any atom is 0.143 e. The number of fused-ring (bicyclic) bond motifs is 9. The van der Waals surface area contributed by atoms with E-state index in [1.165, 1.54) is 21.8 Å². The molecule has 1 aliphatic rings. The molecule has 12 rings (SSSR count). The van der Waals surface area contributed by atoms with Crippen molar-refractivity contribution in [3.63, 3.8) is 0 Å². The van der Waals surface area contributed by atoms with Crippen LogP contribution in [0.4, 0.5) is 0 Å². The van der Waals surface area contributed by atoms with Crippen LogP contribution in [-0.2, 0) is 0 Å². The minimum absolute atomic E-state index is 0.114. The van der Waals surface area contributed by atoms with E-state index in [0.29, 0.717) is 0 Å². The minimum Gasteiger partial charge on any atom is -0.456 e. The molecule has 0 fully saturated rings. The van der Waals surface area contributed by atoms with Gasteiger partial charge in [0, 0.05) is 38.1 Å². The van der Waals surface area contributed by atoms with E-state index in [9.17, 15) is 0 Å². The third-order valence-electron chi connectivity index (χ3n) is 11.5. The van der Waals surface area contributed by atoms with Crippen molar-refractivity contribution < 1.29 is 8.83 Å². The van der Waals surface area contributed by atoms with Crippen molar-refractivity contribution in [2.75, 3.05) is 0 Å². The Morgan fingerprint density at radius 2 is 1.19 bits per heavy atom. The number of rotatable bonds is 5. The third-order valence-corrected chi connectivity index (χ3v) is 11.5. The molecule has 57 heavy (non-hydrogen) atoms. The Labute approximate surface area is 327 Å². The smallest absolute Gasteiger partial charge is 0.143 e. The summed E-state index contributed by atoms with van der Waals surface area (Å²) in [5.41, 5.74) is 12.2. The molecule has 270 valence electrons. The number of benzene rings is 8. The highest BCUT2D eigenvalue weighted by molar-refractivity contribution is 6.17. The molecule has 0 spiro atoms. The van der Waals surface area contributed by atoms with Gasteiger partial charge in [-0.3, -0.25) is 5.32 Å². The van der Waals surface area contributed by atoms with Gasteiger partial charge in [-0.1, -0.05) is 140 Å². The number of aliphatic imine (C=N–C) groups is 1. The summed E-state index contributed by atoms with van der Waals surface area (Å²) in [6.45, 7) is 0. The lowest BCUT2D eigenvalue weighted by Crippen LogP contribution is -2.44. The van der Waals surface area contributed by atoms with Crippen molar-refractivity contribution in [3.8, 4) is 16.8 Å². The molecule has 3 aromatic heterocycles. The van der Waals surface area contributed by atoms with Gasteiger partial charge >= 0.3 is 0 Å². The Morgan fingerprint density at radius 3 is 2.00 bits per heavy atom. The third kappa shape index (κ3) is 5.04. The highest BCUT2D eigenvalue weighted by atomic mass is 16.3. The molecule has 2 unspecified atom stereocenters. The maximum absolute atomic E-state index is 6.78. The predicted octanol–water partition coefficient (Wildman–Crippen LogP) is 12.6. The van der Waals surface area contributed by atoms with Crippen LogP contribution in [0.15, 0.2) is 196 Å². The Balaban J connectivity index is 0.961. The van der Waals surface area contributed by atoms with Gasteiger partial charge in [-0.15, -0.1) is 0 Å². The first kappa shape index (κ1) is 31.9. The SMILES string of the molecule is c1ccc(C2=NC(c3ccc4c(c3)oc3ccc(-c5cccc6c5oc5cccc(-n7c8ccccc8c8ccccc87)c56)cc34)NC(c3ccccc3)N2)cc1. The summed E-state index contributed by atoms with van der Waals surface area (Å²) < 4.78 is 15.7. The lowest BCUT2D eigenvalue weighted by atomic mass is 9.99. The van der Waals surface area contributed by atoms with Crippen LogP contribution in [0.25, 0.3) is 82.5 Å². The summed E-state index contributed by atoms with van der Waals surface area (Å²) in [4.78, 5) is 5.15. The molecule has 0 amide bonds. The van der Waals surface area contributed by atoms with Crippen molar-refractivity contribution >= 4 is 71.5 Å². The van der Waals surface area contributed by atoms with E-state index in [0.717, 1.165) is 83.2 Å². The van der Waals surface area contributed by atoms with Crippen LogP contribution in [0.3, 0.4) is 0 Å². The van der Waals surface area contributed by atoms with Gasteiger partial charge in [0.2, 0.25) is 0 Å². The fourth-order valence-corrected chi connectivity index (χ4v) is 8.85. The average Bonchev–Trinajstić information content (AvgIpc) is 3.96. The highest BCUT2D eigenvalue weighted by Gasteiger charge is 2.26. The normalized spacial score (nSPS) is 15.9. The van der Waals surface area contributed by atoms with Gasteiger partial charge in [0.05, 0.1) is 22.1 Å². The van der Waals surface area contributed by atoms with Crippen LogP contribution < -0.4 is 10.6 Å². The van der Waals surface area contributed by atoms with Crippen molar-refractivity contribution in [2.24, 2.45) is 4.99 Å². The molecule has 2 atom stereocenters. The number of amidine groups is 1. The standard InChI is InChI=1S/C51H34N4O2/c1-3-13-31(14-4-1)49-52-50(32-15-5-2-6-16-32)54-51(53-49)34-25-27-38-40-29-33(26-28-44(40)56-46(38)30-34)35-19-11-20-39-47-43(23-12-24-45(47)57-48(35)39)55-41-21-9-7-17-36(41)37-18-8-10-22-42(37)55/h1-30,49,51,53H,(H,52,54). The van der Waals surface area contributed by atoms with Crippen molar-refractivity contribution in [1.82, 2.24) is 15.2 Å². The van der Waals surface area contributed by atoms with Gasteiger partial charge in [0.25, 0.3) is 0 Å². The van der Waals surface area contributed by atoms with Crippen LogP contribution in [0.2, 0.25) is 0 Å². The first-order valence-corrected chi connectivity index (χ1v) is 19.4. The molecule has 0 bridgehead atoms. The summed E-state index contributed by atoms with van der Waals surface area (Å²) in [7, 11) is 0. The van der Waals surface area contributed by atoms with Gasteiger partial charge < -0.3 is 18.7 Å². The Morgan fingerprint density at radius 1 is 0.474 bits per heavy atom. The number of hydrogen-bond donors (Lipinski definition) is 2. The lowest BCUT2D eigenvalue weighted by molar-refractivity contribution is 0.409. The summed E-state index contributed by atoms with van der Waals surface area (Å²) >= 11 is 0. The number of furan rings is 2. The molecule has 6 heteroatoms. The monoisotopic (exact) mass is 734 g/mol. The Hall–Kier alpha value is -7.41. The molecule has 0 saturated heterocycles. The molecule has 2 N–H and O–H groups in total. The molecule has 6 nitrogen and oxygen atoms in total. The quantitative estimate of drug-likeness (QED) is 0.185. The van der Waals surface area contributed by atoms with E-state index in [4.69, 9.17) is 13.8 Å². The second-order valence-corrected chi connectivity index (χ2v) is 14.8. The summed E-state index contributed by atoms with van der Waals surface area (Å²) in [5.74, 6) is 0.851. The van der Waals surface area contributed by atoms with E-state index >= 15 is 0 Å². The summed E-state index contributed by atoms with van der Waals surface area (Å²) in [6, 6.07) is 63.7. The number of nitrogens with one attached hydrogen (secondary N) is 2.